The molecule has 0 heterocycles. The van der Waals surface area contributed by atoms with Crippen LogP contribution >= 0.6 is 0 Å². The highest BCUT2D eigenvalue weighted by atomic mass is 19.1. The molecule has 0 aliphatic rings. The zero-order chi connectivity index (χ0) is 26.3. The van der Waals surface area contributed by atoms with Crippen molar-refractivity contribution in [3.63, 3.8) is 0 Å². The monoisotopic (exact) mass is 454 g/mol. The average Bonchev–Trinajstić information content (AvgIpc) is 2.60. The fourth-order valence-corrected chi connectivity index (χ4v) is 4.60. The van der Waals surface area contributed by atoms with Crippen LogP contribution in [0.25, 0.3) is 5.57 Å². The molecule has 0 aliphatic heterocycles. The maximum absolute atomic E-state index is 14.8. The van der Waals surface area contributed by atoms with E-state index in [1.165, 1.54) is 27.8 Å². The predicted octanol–water partition coefficient (Wildman–Crippen LogP) is 10.4. The molecule has 0 atom stereocenters. The van der Waals surface area contributed by atoms with Gasteiger partial charge in [-0.05, 0) is 92.5 Å². The van der Waals surface area contributed by atoms with Crippen LogP contribution in [0.4, 0.5) is 4.39 Å². The molecule has 0 fully saturated rings. The molecule has 0 bridgehead atoms. The quantitative estimate of drug-likeness (QED) is 0.397. The number of hydrogen-bond donors (Lipinski definition) is 0. The van der Waals surface area contributed by atoms with Crippen molar-refractivity contribution in [1.82, 2.24) is 0 Å². The van der Waals surface area contributed by atoms with Crippen molar-refractivity contribution in [2.24, 2.45) is 10.8 Å². The Morgan fingerprint density at radius 1 is 0.818 bits per heavy atom. The molecule has 1 aromatic carbocycles. The Morgan fingerprint density at radius 2 is 1.27 bits per heavy atom. The van der Waals surface area contributed by atoms with Gasteiger partial charge in [-0.2, -0.15) is 0 Å². The van der Waals surface area contributed by atoms with Crippen LogP contribution in [0.5, 0.6) is 0 Å². The number of benzene rings is 1. The van der Waals surface area contributed by atoms with Gasteiger partial charge in [-0.3, -0.25) is 0 Å². The fourth-order valence-electron chi connectivity index (χ4n) is 4.60. The molecule has 0 amide bonds. The standard InChI is InChI=1S/C32H51F/c1-20(29(5,6)7)17-25(30(8,9)10)21(2)22(3)28-23(4)26(31(11,12)13)18-27(24(28)19-33)32(14,15)16/h17-18H,1,19H2,2-16H3/b22-21+,25-17+. The van der Waals surface area contributed by atoms with E-state index in [0.717, 1.165) is 22.3 Å². The average molecular weight is 455 g/mol. The summed E-state index contributed by atoms with van der Waals surface area (Å²) in [5.41, 5.74) is 10.1. The molecule has 186 valence electrons. The van der Waals surface area contributed by atoms with Gasteiger partial charge < -0.3 is 0 Å². The van der Waals surface area contributed by atoms with Gasteiger partial charge in [0, 0.05) is 0 Å². The third kappa shape index (κ3) is 6.71. The minimum Gasteiger partial charge on any atom is -0.246 e. The van der Waals surface area contributed by atoms with E-state index in [4.69, 9.17) is 0 Å². The Kier molecular flexibility index (Phi) is 8.51. The van der Waals surface area contributed by atoms with Crippen molar-refractivity contribution < 1.29 is 4.39 Å². The first-order valence-corrected chi connectivity index (χ1v) is 12.4. The van der Waals surface area contributed by atoms with Crippen molar-refractivity contribution in [2.45, 2.75) is 121 Å². The number of rotatable bonds is 4. The lowest BCUT2D eigenvalue weighted by atomic mass is 9.72. The van der Waals surface area contributed by atoms with E-state index in [1.54, 1.807) is 0 Å². The minimum atomic E-state index is -0.457. The molecule has 0 nitrogen and oxygen atoms in total. The highest BCUT2D eigenvalue weighted by molar-refractivity contribution is 5.77. The van der Waals surface area contributed by atoms with Crippen LogP contribution in [0.3, 0.4) is 0 Å². The van der Waals surface area contributed by atoms with E-state index >= 15 is 0 Å². The summed E-state index contributed by atoms with van der Waals surface area (Å²) in [6.07, 6.45) is 2.27. The van der Waals surface area contributed by atoms with E-state index < -0.39 is 6.67 Å². The smallest absolute Gasteiger partial charge is 0.115 e. The molecule has 0 saturated heterocycles. The molecule has 1 heteroatoms. The zero-order valence-electron chi connectivity index (χ0n) is 24.4. The normalized spacial score (nSPS) is 15.0. The molecule has 0 radical (unpaired) electrons. The second kappa shape index (κ2) is 9.55. The summed E-state index contributed by atoms with van der Waals surface area (Å²) in [7, 11) is 0. The van der Waals surface area contributed by atoms with Crippen molar-refractivity contribution in [2.75, 3.05) is 0 Å². The van der Waals surface area contributed by atoms with Gasteiger partial charge in [-0.1, -0.05) is 102 Å². The van der Waals surface area contributed by atoms with Gasteiger partial charge in [-0.15, -0.1) is 0 Å². The molecule has 0 aliphatic carbocycles. The van der Waals surface area contributed by atoms with Gasteiger partial charge in [0.2, 0.25) is 0 Å². The molecular weight excluding hydrogens is 403 g/mol. The maximum atomic E-state index is 14.8. The van der Waals surface area contributed by atoms with E-state index in [9.17, 15) is 4.39 Å². The third-order valence-electron chi connectivity index (χ3n) is 6.88. The molecule has 0 spiro atoms. The van der Waals surface area contributed by atoms with Gasteiger partial charge >= 0.3 is 0 Å². The van der Waals surface area contributed by atoms with Crippen LogP contribution in [0.1, 0.15) is 125 Å². The molecule has 33 heavy (non-hydrogen) atoms. The predicted molar refractivity (Wildman–Crippen MR) is 148 cm³/mol. The number of allylic oxidation sites excluding steroid dienone is 5. The number of hydrogen-bond acceptors (Lipinski definition) is 0. The number of halogens is 1. The van der Waals surface area contributed by atoms with Gasteiger partial charge in [0.1, 0.15) is 6.67 Å². The van der Waals surface area contributed by atoms with E-state index in [0.29, 0.717) is 0 Å². The lowest BCUT2D eigenvalue weighted by Gasteiger charge is -2.33. The Bertz CT molecular complexity index is 952. The lowest BCUT2D eigenvalue weighted by Crippen LogP contribution is -2.22. The van der Waals surface area contributed by atoms with Crippen LogP contribution in [-0.4, -0.2) is 0 Å². The Hall–Kier alpha value is -1.63. The van der Waals surface area contributed by atoms with Crippen molar-refractivity contribution in [3.05, 3.63) is 63.3 Å². The zero-order valence-corrected chi connectivity index (χ0v) is 24.4. The second-order valence-corrected chi connectivity index (χ2v) is 13.9. The summed E-state index contributed by atoms with van der Waals surface area (Å²) in [5, 5.41) is 0. The third-order valence-corrected chi connectivity index (χ3v) is 6.88. The van der Waals surface area contributed by atoms with E-state index in [1.807, 2.05) is 0 Å². The summed E-state index contributed by atoms with van der Waals surface area (Å²) in [6.45, 7) is 37.1. The first-order chi connectivity index (χ1) is 14.5. The molecule has 1 rings (SSSR count). The van der Waals surface area contributed by atoms with Crippen molar-refractivity contribution in [1.29, 1.82) is 0 Å². The largest absolute Gasteiger partial charge is 0.246 e. The van der Waals surface area contributed by atoms with E-state index in [2.05, 4.69) is 123 Å². The van der Waals surface area contributed by atoms with Crippen molar-refractivity contribution >= 4 is 5.57 Å². The van der Waals surface area contributed by atoms with Gasteiger partial charge in [-0.25, -0.2) is 4.39 Å². The number of alkyl halides is 1. The highest BCUT2D eigenvalue weighted by Crippen LogP contribution is 2.43. The van der Waals surface area contributed by atoms with Gasteiger partial charge in [0.05, 0.1) is 0 Å². The molecular formula is C32H51F. The van der Waals surface area contributed by atoms with Crippen LogP contribution in [0.2, 0.25) is 0 Å². The first kappa shape index (κ1) is 29.4. The summed E-state index contributed by atoms with van der Waals surface area (Å²) in [5.74, 6) is 0. The Morgan fingerprint density at radius 3 is 1.61 bits per heavy atom. The van der Waals surface area contributed by atoms with Crippen LogP contribution < -0.4 is 0 Å². The Balaban J connectivity index is 4.17. The highest BCUT2D eigenvalue weighted by Gasteiger charge is 2.30. The maximum Gasteiger partial charge on any atom is 0.115 e. The lowest BCUT2D eigenvalue weighted by molar-refractivity contribution is 0.467. The SMILES string of the molecule is C=C(/C=C(\C(C)=C(/C)c1c(C)c(C(C)(C)C)cc(C(C)(C)C)c1CF)C(C)(C)C)C(C)(C)C. The van der Waals surface area contributed by atoms with Crippen molar-refractivity contribution in [3.8, 4) is 0 Å². The summed E-state index contributed by atoms with van der Waals surface area (Å²) in [4.78, 5) is 0. The molecule has 0 N–H and O–H groups in total. The summed E-state index contributed by atoms with van der Waals surface area (Å²) < 4.78 is 14.8. The van der Waals surface area contributed by atoms with Gasteiger partial charge in [0.15, 0.2) is 0 Å². The van der Waals surface area contributed by atoms with E-state index in [-0.39, 0.29) is 21.7 Å². The fraction of sp³-hybridized carbons (Fsp3) is 0.625. The van der Waals surface area contributed by atoms with Gasteiger partial charge in [0.25, 0.3) is 0 Å². The summed E-state index contributed by atoms with van der Waals surface area (Å²) >= 11 is 0. The Labute approximate surface area is 205 Å². The minimum absolute atomic E-state index is 0.00371. The topological polar surface area (TPSA) is 0 Å². The second-order valence-electron chi connectivity index (χ2n) is 13.9. The summed E-state index contributed by atoms with van der Waals surface area (Å²) in [6, 6.07) is 2.26. The molecule has 0 unspecified atom stereocenters. The molecule has 0 aromatic heterocycles. The van der Waals surface area contributed by atoms with Crippen LogP contribution in [-0.2, 0) is 17.5 Å². The van der Waals surface area contributed by atoms with Crippen LogP contribution in [0.15, 0.2) is 35.4 Å². The molecule has 0 saturated carbocycles. The first-order valence-electron chi connectivity index (χ1n) is 12.4. The van der Waals surface area contributed by atoms with Crippen LogP contribution in [0, 0.1) is 17.8 Å². The molecule has 1 aromatic rings.